The molecule has 138 valence electrons. The molecule has 24 heavy (non-hydrogen) atoms. The average molecular weight is 399 g/mol. The number of alkyl halides is 1. The maximum absolute atomic E-state index is 5.85. The van der Waals surface area contributed by atoms with Gasteiger partial charge in [-0.3, -0.25) is 0 Å². The van der Waals surface area contributed by atoms with Crippen molar-refractivity contribution in [3.8, 4) is 11.5 Å². The van der Waals surface area contributed by atoms with Gasteiger partial charge in [-0.05, 0) is 37.8 Å². The highest BCUT2D eigenvalue weighted by Gasteiger charge is 1.99. The average Bonchev–Trinajstić information content (AvgIpc) is 2.60. The van der Waals surface area contributed by atoms with Gasteiger partial charge in [0.15, 0.2) is 0 Å². The molecule has 0 saturated carbocycles. The van der Waals surface area contributed by atoms with E-state index in [1.165, 1.54) is 57.8 Å². The van der Waals surface area contributed by atoms with Crippen LogP contribution in [0.15, 0.2) is 24.3 Å². The summed E-state index contributed by atoms with van der Waals surface area (Å²) >= 11 is 3.45. The second-order valence-corrected chi connectivity index (χ2v) is 7.19. The number of unbranched alkanes of at least 4 members (excludes halogenated alkanes) is 9. The van der Waals surface area contributed by atoms with Crippen molar-refractivity contribution < 1.29 is 9.47 Å². The van der Waals surface area contributed by atoms with Crippen LogP contribution in [0.4, 0.5) is 0 Å². The molecule has 0 aromatic heterocycles. The molecule has 0 fully saturated rings. The third kappa shape index (κ3) is 11.8. The molecule has 1 rings (SSSR count). The Hall–Kier alpha value is -0.700. The van der Waals surface area contributed by atoms with Crippen LogP contribution >= 0.6 is 15.9 Å². The summed E-state index contributed by atoms with van der Waals surface area (Å²) < 4.78 is 11.6. The summed E-state index contributed by atoms with van der Waals surface area (Å²) in [7, 11) is 0. The van der Waals surface area contributed by atoms with E-state index in [1.807, 2.05) is 24.3 Å². The highest BCUT2D eigenvalue weighted by molar-refractivity contribution is 9.09. The van der Waals surface area contributed by atoms with Crippen molar-refractivity contribution in [2.75, 3.05) is 18.5 Å². The zero-order valence-corrected chi connectivity index (χ0v) is 17.0. The van der Waals surface area contributed by atoms with Crippen LogP contribution in [-0.2, 0) is 0 Å². The number of rotatable bonds is 16. The lowest BCUT2D eigenvalue weighted by molar-refractivity contribution is 0.290. The summed E-state index contributed by atoms with van der Waals surface area (Å²) in [5, 5.41) is 1.08. The smallest absolute Gasteiger partial charge is 0.122 e. The SMILES string of the molecule is CCCCCCCCCCOc1cccc(OCCCCCBr)c1. The molecule has 2 nitrogen and oxygen atoms in total. The molecule has 0 amide bonds. The molecule has 0 aliphatic rings. The number of halogens is 1. The van der Waals surface area contributed by atoms with Crippen LogP contribution in [0, 0.1) is 0 Å². The minimum absolute atomic E-state index is 0.786. The van der Waals surface area contributed by atoms with Gasteiger partial charge < -0.3 is 9.47 Å². The molecule has 0 radical (unpaired) electrons. The molecule has 0 saturated heterocycles. The lowest BCUT2D eigenvalue weighted by Crippen LogP contribution is -2.00. The van der Waals surface area contributed by atoms with E-state index in [4.69, 9.17) is 9.47 Å². The van der Waals surface area contributed by atoms with Gasteiger partial charge in [0.1, 0.15) is 11.5 Å². The number of hydrogen-bond donors (Lipinski definition) is 0. The fourth-order valence-corrected chi connectivity index (χ4v) is 3.04. The van der Waals surface area contributed by atoms with Crippen LogP contribution in [0.2, 0.25) is 0 Å². The Bertz CT molecular complexity index is 395. The maximum atomic E-state index is 5.85. The fourth-order valence-electron chi connectivity index (χ4n) is 2.64. The van der Waals surface area contributed by atoms with Gasteiger partial charge in [-0.25, -0.2) is 0 Å². The second kappa shape index (κ2) is 15.8. The van der Waals surface area contributed by atoms with Crippen molar-refractivity contribution in [2.45, 2.75) is 77.6 Å². The number of hydrogen-bond acceptors (Lipinski definition) is 2. The first-order chi connectivity index (χ1) is 11.9. The van der Waals surface area contributed by atoms with E-state index < -0.39 is 0 Å². The van der Waals surface area contributed by atoms with Crippen LogP contribution < -0.4 is 9.47 Å². The van der Waals surface area contributed by atoms with Crippen molar-refractivity contribution >= 4 is 15.9 Å². The van der Waals surface area contributed by atoms with Crippen LogP contribution in [-0.4, -0.2) is 18.5 Å². The van der Waals surface area contributed by atoms with Crippen LogP contribution in [0.3, 0.4) is 0 Å². The van der Waals surface area contributed by atoms with E-state index in [1.54, 1.807) is 0 Å². The van der Waals surface area contributed by atoms with E-state index in [9.17, 15) is 0 Å². The Morgan fingerprint density at radius 1 is 0.708 bits per heavy atom. The van der Waals surface area contributed by atoms with Crippen molar-refractivity contribution in [3.63, 3.8) is 0 Å². The van der Waals surface area contributed by atoms with E-state index >= 15 is 0 Å². The molecular formula is C21H35BrO2. The van der Waals surface area contributed by atoms with E-state index in [0.717, 1.165) is 42.9 Å². The third-order valence-electron chi connectivity index (χ3n) is 4.12. The lowest BCUT2D eigenvalue weighted by atomic mass is 10.1. The van der Waals surface area contributed by atoms with Crippen molar-refractivity contribution in [2.24, 2.45) is 0 Å². The summed E-state index contributed by atoms with van der Waals surface area (Å²) in [4.78, 5) is 0. The predicted molar refractivity (Wildman–Crippen MR) is 108 cm³/mol. The second-order valence-electron chi connectivity index (χ2n) is 6.40. The van der Waals surface area contributed by atoms with Crippen LogP contribution in [0.5, 0.6) is 11.5 Å². The molecule has 0 bridgehead atoms. The normalized spacial score (nSPS) is 10.8. The van der Waals surface area contributed by atoms with Gasteiger partial charge in [0.25, 0.3) is 0 Å². The minimum Gasteiger partial charge on any atom is -0.493 e. The zero-order chi connectivity index (χ0) is 17.3. The van der Waals surface area contributed by atoms with Gasteiger partial charge in [0.05, 0.1) is 13.2 Å². The maximum Gasteiger partial charge on any atom is 0.122 e. The quantitative estimate of drug-likeness (QED) is 0.217. The monoisotopic (exact) mass is 398 g/mol. The molecule has 0 heterocycles. The third-order valence-corrected chi connectivity index (χ3v) is 4.68. The molecule has 0 atom stereocenters. The first-order valence-electron chi connectivity index (χ1n) is 9.78. The summed E-state index contributed by atoms with van der Waals surface area (Å²) in [5.74, 6) is 1.85. The highest BCUT2D eigenvalue weighted by Crippen LogP contribution is 2.20. The lowest BCUT2D eigenvalue weighted by Gasteiger charge is -2.09. The van der Waals surface area contributed by atoms with Crippen LogP contribution in [0.1, 0.15) is 77.6 Å². The Morgan fingerprint density at radius 2 is 1.21 bits per heavy atom. The van der Waals surface area contributed by atoms with Crippen molar-refractivity contribution in [1.29, 1.82) is 0 Å². The van der Waals surface area contributed by atoms with Gasteiger partial charge in [0, 0.05) is 11.4 Å². The molecule has 0 spiro atoms. The predicted octanol–water partition coefficient (Wildman–Crippen LogP) is 7.15. The Labute approximate surface area is 157 Å². The largest absolute Gasteiger partial charge is 0.493 e. The molecular weight excluding hydrogens is 364 g/mol. The fraction of sp³-hybridized carbons (Fsp3) is 0.714. The Balaban J connectivity index is 2.05. The topological polar surface area (TPSA) is 18.5 Å². The molecule has 1 aromatic carbocycles. The molecule has 0 aliphatic heterocycles. The van der Waals surface area contributed by atoms with E-state index in [-0.39, 0.29) is 0 Å². The minimum atomic E-state index is 0.786. The van der Waals surface area contributed by atoms with Gasteiger partial charge in [-0.2, -0.15) is 0 Å². The molecule has 1 aromatic rings. The molecule has 0 N–H and O–H groups in total. The van der Waals surface area contributed by atoms with Crippen molar-refractivity contribution in [3.05, 3.63) is 24.3 Å². The Morgan fingerprint density at radius 3 is 1.75 bits per heavy atom. The molecule has 3 heteroatoms. The standard InChI is InChI=1S/C21H35BrO2/c1-2-3-4-5-6-7-8-11-17-23-20-14-13-15-21(19-20)24-18-12-9-10-16-22/h13-15,19H,2-12,16-18H2,1H3. The first kappa shape index (κ1) is 21.3. The number of benzene rings is 1. The number of ether oxygens (including phenoxy) is 2. The van der Waals surface area contributed by atoms with Crippen molar-refractivity contribution in [1.82, 2.24) is 0 Å². The molecule has 0 aliphatic carbocycles. The summed E-state index contributed by atoms with van der Waals surface area (Å²) in [5.41, 5.74) is 0. The van der Waals surface area contributed by atoms with Crippen LogP contribution in [0.25, 0.3) is 0 Å². The van der Waals surface area contributed by atoms with Gasteiger partial charge in [0.2, 0.25) is 0 Å². The Kier molecular flexibility index (Phi) is 14.1. The zero-order valence-electron chi connectivity index (χ0n) is 15.4. The van der Waals surface area contributed by atoms with E-state index in [2.05, 4.69) is 22.9 Å². The van der Waals surface area contributed by atoms with Gasteiger partial charge in [-0.15, -0.1) is 0 Å². The van der Waals surface area contributed by atoms with E-state index in [0.29, 0.717) is 0 Å². The summed E-state index contributed by atoms with van der Waals surface area (Å²) in [6, 6.07) is 8.04. The van der Waals surface area contributed by atoms with Gasteiger partial charge in [-0.1, -0.05) is 73.9 Å². The highest BCUT2D eigenvalue weighted by atomic mass is 79.9. The first-order valence-corrected chi connectivity index (χ1v) is 10.9. The summed E-state index contributed by atoms with van der Waals surface area (Å²) in [6.07, 6.45) is 14.2. The molecule has 0 unspecified atom stereocenters. The summed E-state index contributed by atoms with van der Waals surface area (Å²) in [6.45, 7) is 3.86. The van der Waals surface area contributed by atoms with Gasteiger partial charge >= 0.3 is 0 Å².